The molecule has 0 amide bonds. The number of carbonyl (C=O) groups is 1. The Morgan fingerprint density at radius 2 is 2.06 bits per heavy atom. The van der Waals surface area contributed by atoms with E-state index in [9.17, 15) is 9.90 Å². The summed E-state index contributed by atoms with van der Waals surface area (Å²) in [6, 6.07) is 13.2. The molecule has 2 N–H and O–H groups in total. The Kier molecular flexibility index (Phi) is 6.34. The number of aryl methyl sites for hydroxylation is 2. The summed E-state index contributed by atoms with van der Waals surface area (Å²) >= 11 is 5.83. The van der Waals surface area contributed by atoms with Crippen LogP contribution in [0.25, 0.3) is 5.69 Å². The van der Waals surface area contributed by atoms with Gasteiger partial charge in [0, 0.05) is 36.4 Å². The van der Waals surface area contributed by atoms with Crippen LogP contribution >= 0.6 is 12.2 Å². The number of ether oxygens (including phenoxy) is 1. The van der Waals surface area contributed by atoms with Crippen molar-refractivity contribution in [1.82, 2.24) is 19.8 Å². The van der Waals surface area contributed by atoms with Gasteiger partial charge >= 0.3 is 5.97 Å². The molecule has 0 spiro atoms. The van der Waals surface area contributed by atoms with Crippen LogP contribution in [0, 0.1) is 20.8 Å². The zero-order valence-corrected chi connectivity index (χ0v) is 21.0. The summed E-state index contributed by atoms with van der Waals surface area (Å²) in [5.74, 6) is -0.933. The molecule has 1 aromatic carbocycles. The maximum atomic E-state index is 11.7. The highest BCUT2D eigenvalue weighted by Crippen LogP contribution is 2.42. The Bertz CT molecular complexity index is 1270. The standard InChI is InChI=1S/C27H30N4O3S/c1-16-9-10-19(26(32)33)14-23(16)31-17(2)13-21(18(31)3)25-24(22-8-4-5-11-28-22)29-27(35)30(25)15-20-7-6-12-34-20/h4-5,8-11,13-14,20,24-25H,6-7,12,15H2,1-3H3,(H,29,35)(H,32,33)/t20-,24+,25-/m0/s1. The SMILES string of the molecule is Cc1ccc(C(=O)O)cc1-n1c(C)cc([C@H]2[C@@H](c3ccccn3)NC(=S)N2C[C@@H]2CCCO2)c1C. The van der Waals surface area contributed by atoms with E-state index in [1.54, 1.807) is 12.1 Å². The van der Waals surface area contributed by atoms with Gasteiger partial charge in [-0.15, -0.1) is 0 Å². The van der Waals surface area contributed by atoms with Crippen LogP contribution in [0.4, 0.5) is 0 Å². The van der Waals surface area contributed by atoms with Crippen molar-refractivity contribution in [2.24, 2.45) is 0 Å². The fourth-order valence-corrected chi connectivity index (χ4v) is 5.70. The third kappa shape index (κ3) is 4.32. The average Bonchev–Trinajstić information content (AvgIpc) is 3.54. The lowest BCUT2D eigenvalue weighted by Gasteiger charge is -2.30. The maximum absolute atomic E-state index is 11.7. The first-order valence-corrected chi connectivity index (χ1v) is 12.4. The van der Waals surface area contributed by atoms with Crippen LogP contribution in [0.2, 0.25) is 0 Å². The first kappa shape index (κ1) is 23.5. The lowest BCUT2D eigenvalue weighted by atomic mass is 9.96. The van der Waals surface area contributed by atoms with Gasteiger partial charge in [-0.25, -0.2) is 4.79 Å². The van der Waals surface area contributed by atoms with Crippen molar-refractivity contribution in [3.8, 4) is 5.69 Å². The topological polar surface area (TPSA) is 79.6 Å². The van der Waals surface area contributed by atoms with Crippen molar-refractivity contribution in [1.29, 1.82) is 0 Å². The number of nitrogens with zero attached hydrogens (tertiary/aromatic N) is 3. The van der Waals surface area contributed by atoms with E-state index in [0.29, 0.717) is 5.11 Å². The molecule has 7 nitrogen and oxygen atoms in total. The molecule has 35 heavy (non-hydrogen) atoms. The van der Waals surface area contributed by atoms with E-state index in [2.05, 4.69) is 39.7 Å². The van der Waals surface area contributed by atoms with Crippen LogP contribution in [0.3, 0.4) is 0 Å². The van der Waals surface area contributed by atoms with Crippen LogP contribution in [0.1, 0.15) is 63.5 Å². The van der Waals surface area contributed by atoms with E-state index in [1.807, 2.05) is 37.4 Å². The van der Waals surface area contributed by atoms with Crippen molar-refractivity contribution in [3.63, 3.8) is 0 Å². The lowest BCUT2D eigenvalue weighted by molar-refractivity contribution is 0.0696. The number of hydrogen-bond donors (Lipinski definition) is 2. The van der Waals surface area contributed by atoms with Crippen LogP contribution in [0.5, 0.6) is 0 Å². The number of pyridine rings is 1. The lowest BCUT2D eigenvalue weighted by Crippen LogP contribution is -2.36. The van der Waals surface area contributed by atoms with Crippen molar-refractivity contribution < 1.29 is 14.6 Å². The smallest absolute Gasteiger partial charge is 0.335 e. The number of rotatable bonds is 6. The normalized spacial score (nSPS) is 22.0. The summed E-state index contributed by atoms with van der Waals surface area (Å²) in [5, 5.41) is 13.8. The molecule has 2 aromatic heterocycles. The summed E-state index contributed by atoms with van der Waals surface area (Å²) in [6.07, 6.45) is 4.06. The summed E-state index contributed by atoms with van der Waals surface area (Å²) in [7, 11) is 0. The van der Waals surface area contributed by atoms with Gasteiger partial charge in [0.2, 0.25) is 0 Å². The molecular weight excluding hydrogens is 460 g/mol. The molecule has 2 aliphatic rings. The van der Waals surface area contributed by atoms with Crippen molar-refractivity contribution in [2.75, 3.05) is 13.2 Å². The molecule has 2 fully saturated rings. The molecule has 4 heterocycles. The van der Waals surface area contributed by atoms with E-state index >= 15 is 0 Å². The van der Waals surface area contributed by atoms with Gasteiger partial charge in [0.25, 0.3) is 0 Å². The van der Waals surface area contributed by atoms with E-state index in [1.165, 1.54) is 0 Å². The number of aromatic carboxylic acids is 1. The van der Waals surface area contributed by atoms with Gasteiger partial charge in [-0.2, -0.15) is 0 Å². The molecule has 0 saturated carbocycles. The van der Waals surface area contributed by atoms with Crippen LogP contribution in [0.15, 0.2) is 48.7 Å². The van der Waals surface area contributed by atoms with Gasteiger partial charge in [0.15, 0.2) is 5.11 Å². The van der Waals surface area contributed by atoms with Gasteiger partial charge in [-0.3, -0.25) is 4.98 Å². The highest BCUT2D eigenvalue weighted by molar-refractivity contribution is 7.80. The van der Waals surface area contributed by atoms with Crippen molar-refractivity contribution in [2.45, 2.75) is 51.8 Å². The summed E-state index contributed by atoms with van der Waals surface area (Å²) in [6.45, 7) is 7.67. The van der Waals surface area contributed by atoms with E-state index in [-0.39, 0.29) is 23.8 Å². The number of thiocarbonyl (C=S) groups is 1. The minimum atomic E-state index is -0.933. The zero-order valence-electron chi connectivity index (χ0n) is 20.2. The second-order valence-corrected chi connectivity index (χ2v) is 9.77. The van der Waals surface area contributed by atoms with Crippen LogP contribution in [-0.4, -0.2) is 49.9 Å². The average molecular weight is 491 g/mol. The maximum Gasteiger partial charge on any atom is 0.335 e. The minimum absolute atomic E-state index is 0.0653. The minimum Gasteiger partial charge on any atom is -0.478 e. The molecule has 0 unspecified atom stereocenters. The number of hydrogen-bond acceptors (Lipinski definition) is 4. The molecule has 3 atom stereocenters. The van der Waals surface area contributed by atoms with Gasteiger partial charge in [-0.05, 0) is 87.3 Å². The number of carboxylic acid groups (broad SMARTS) is 1. The molecule has 0 radical (unpaired) electrons. The first-order chi connectivity index (χ1) is 16.8. The summed E-state index contributed by atoms with van der Waals surface area (Å²) < 4.78 is 8.11. The quantitative estimate of drug-likeness (QED) is 0.487. The number of benzene rings is 1. The molecule has 0 aliphatic carbocycles. The highest BCUT2D eigenvalue weighted by Gasteiger charge is 2.42. The first-order valence-electron chi connectivity index (χ1n) is 12.0. The molecule has 3 aromatic rings. The second kappa shape index (κ2) is 9.43. The number of aromatic nitrogens is 2. The molecule has 2 saturated heterocycles. The molecule has 8 heteroatoms. The van der Waals surface area contributed by atoms with Gasteiger partial charge < -0.3 is 24.6 Å². The Hall–Kier alpha value is -3.23. The number of carboxylic acids is 1. The van der Waals surface area contributed by atoms with Gasteiger partial charge in [-0.1, -0.05) is 12.1 Å². The third-order valence-corrected chi connectivity index (χ3v) is 7.46. The van der Waals surface area contributed by atoms with Crippen LogP contribution in [-0.2, 0) is 4.74 Å². The Balaban J connectivity index is 1.62. The fraction of sp³-hybridized carbons (Fsp3) is 0.370. The molecule has 182 valence electrons. The zero-order chi connectivity index (χ0) is 24.7. The highest BCUT2D eigenvalue weighted by atomic mass is 32.1. The van der Waals surface area contributed by atoms with Crippen LogP contribution < -0.4 is 5.32 Å². The largest absolute Gasteiger partial charge is 0.478 e. The predicted octanol–water partition coefficient (Wildman–Crippen LogP) is 4.65. The van der Waals surface area contributed by atoms with Crippen molar-refractivity contribution in [3.05, 3.63) is 82.4 Å². The van der Waals surface area contributed by atoms with E-state index in [0.717, 1.165) is 59.9 Å². The molecular formula is C27H30N4O3S. The number of nitrogens with one attached hydrogen (secondary N) is 1. The monoisotopic (exact) mass is 490 g/mol. The molecule has 0 bridgehead atoms. The van der Waals surface area contributed by atoms with Gasteiger partial charge in [0.05, 0.1) is 29.4 Å². The summed E-state index contributed by atoms with van der Waals surface area (Å²) in [4.78, 5) is 18.6. The van der Waals surface area contributed by atoms with Gasteiger partial charge in [0.1, 0.15) is 0 Å². The van der Waals surface area contributed by atoms with Crippen molar-refractivity contribution >= 4 is 23.3 Å². The van der Waals surface area contributed by atoms with E-state index in [4.69, 9.17) is 17.0 Å². The Labute approximate surface area is 210 Å². The van der Waals surface area contributed by atoms with E-state index < -0.39 is 5.97 Å². The molecule has 5 rings (SSSR count). The predicted molar refractivity (Wildman–Crippen MR) is 138 cm³/mol. The third-order valence-electron chi connectivity index (χ3n) is 7.11. The molecule has 2 aliphatic heterocycles. The summed E-state index contributed by atoms with van der Waals surface area (Å²) in [5.41, 5.74) is 6.34. The second-order valence-electron chi connectivity index (χ2n) is 9.38. The Morgan fingerprint density at radius 1 is 1.23 bits per heavy atom. The Morgan fingerprint density at radius 3 is 2.74 bits per heavy atom. The fourth-order valence-electron chi connectivity index (χ4n) is 5.39.